The molecule has 2 aromatic carbocycles. The molecule has 0 saturated carbocycles. The van der Waals surface area contributed by atoms with Crippen molar-refractivity contribution < 1.29 is 18.1 Å². The van der Waals surface area contributed by atoms with E-state index in [2.05, 4.69) is 10.4 Å². The first-order valence-electron chi connectivity index (χ1n) is 8.23. The van der Waals surface area contributed by atoms with Gasteiger partial charge in [-0.05, 0) is 36.8 Å². The van der Waals surface area contributed by atoms with E-state index < -0.39 is 16.7 Å². The fourth-order valence-electron chi connectivity index (χ4n) is 3.18. The van der Waals surface area contributed by atoms with Crippen LogP contribution in [0.1, 0.15) is 11.1 Å². The third-order valence-corrected chi connectivity index (χ3v) is 4.83. The largest absolute Gasteiger partial charge is 0.416 e. The topological polar surface area (TPSA) is 73.0 Å². The molecular formula is C18H12ClF3N4O2. The Labute approximate surface area is 161 Å². The van der Waals surface area contributed by atoms with Gasteiger partial charge in [0, 0.05) is 29.8 Å². The number of hydrogen-bond acceptors (Lipinski definition) is 4. The number of aromatic nitrogens is 2. The molecule has 6 nitrogen and oxygen atoms in total. The zero-order valence-electron chi connectivity index (χ0n) is 14.1. The van der Waals surface area contributed by atoms with E-state index in [4.69, 9.17) is 11.6 Å². The Morgan fingerprint density at radius 1 is 1.18 bits per heavy atom. The molecular weight excluding hydrogens is 397 g/mol. The summed E-state index contributed by atoms with van der Waals surface area (Å²) in [6, 6.07) is 8.87. The van der Waals surface area contributed by atoms with Gasteiger partial charge in [-0.25, -0.2) is 4.68 Å². The second-order valence-electron chi connectivity index (χ2n) is 6.23. The Kier molecular flexibility index (Phi) is 4.26. The molecule has 0 amide bonds. The number of nitrogens with zero attached hydrogens (tertiary/aromatic N) is 3. The Morgan fingerprint density at radius 3 is 2.54 bits per heavy atom. The molecule has 1 aromatic heterocycles. The molecule has 2 heterocycles. The number of benzene rings is 2. The lowest BCUT2D eigenvalue weighted by Crippen LogP contribution is -2.06. The fraction of sp³-hybridized carbons (Fsp3) is 0.167. The highest BCUT2D eigenvalue weighted by molar-refractivity contribution is 6.33. The maximum atomic E-state index is 13.1. The molecule has 0 spiro atoms. The van der Waals surface area contributed by atoms with Gasteiger partial charge < -0.3 is 5.32 Å². The Bertz CT molecular complexity index is 1080. The maximum absolute atomic E-state index is 13.1. The van der Waals surface area contributed by atoms with Crippen LogP contribution in [0.2, 0.25) is 5.02 Å². The molecule has 0 radical (unpaired) electrons. The van der Waals surface area contributed by atoms with Gasteiger partial charge in [0.1, 0.15) is 5.82 Å². The van der Waals surface area contributed by atoms with Crippen LogP contribution in [0.4, 0.5) is 24.7 Å². The van der Waals surface area contributed by atoms with E-state index >= 15 is 0 Å². The van der Waals surface area contributed by atoms with Gasteiger partial charge in [0.15, 0.2) is 0 Å². The third kappa shape index (κ3) is 3.07. The van der Waals surface area contributed by atoms with Crippen LogP contribution >= 0.6 is 11.6 Å². The van der Waals surface area contributed by atoms with Crippen molar-refractivity contribution in [3.63, 3.8) is 0 Å². The summed E-state index contributed by atoms with van der Waals surface area (Å²) in [4.78, 5) is 10.3. The highest BCUT2D eigenvalue weighted by atomic mass is 35.5. The molecule has 3 aromatic rings. The minimum absolute atomic E-state index is 0.0679. The number of nitro benzene ring substituents is 1. The van der Waals surface area contributed by atoms with Gasteiger partial charge in [-0.2, -0.15) is 18.3 Å². The van der Waals surface area contributed by atoms with Crippen LogP contribution in [-0.2, 0) is 12.6 Å². The molecule has 0 fully saturated rings. The smallest absolute Gasteiger partial charge is 0.369 e. The van der Waals surface area contributed by atoms with E-state index in [0.717, 1.165) is 17.7 Å². The van der Waals surface area contributed by atoms with Crippen molar-refractivity contribution >= 4 is 23.1 Å². The number of nitrogens with one attached hydrogen (secondary N) is 1. The molecule has 0 unspecified atom stereocenters. The SMILES string of the molecule is O=[N+]([O-])c1ccc(-n2nc(-c3cc(C(F)(F)F)ccc3Cl)c3c2NCC3)cc1. The highest BCUT2D eigenvalue weighted by Crippen LogP contribution is 2.40. The van der Waals surface area contributed by atoms with E-state index in [0.29, 0.717) is 30.2 Å². The summed E-state index contributed by atoms with van der Waals surface area (Å²) in [7, 11) is 0. The molecule has 28 heavy (non-hydrogen) atoms. The monoisotopic (exact) mass is 408 g/mol. The van der Waals surface area contributed by atoms with E-state index in [9.17, 15) is 23.3 Å². The number of halogens is 4. The predicted molar refractivity (Wildman–Crippen MR) is 97.9 cm³/mol. The molecule has 0 saturated heterocycles. The van der Waals surface area contributed by atoms with Crippen molar-refractivity contribution in [3.8, 4) is 16.9 Å². The van der Waals surface area contributed by atoms with Gasteiger partial charge in [-0.15, -0.1) is 0 Å². The molecule has 0 atom stereocenters. The summed E-state index contributed by atoms with van der Waals surface area (Å²) in [6.45, 7) is 0.601. The van der Waals surface area contributed by atoms with Crippen LogP contribution in [-0.4, -0.2) is 21.2 Å². The van der Waals surface area contributed by atoms with Crippen LogP contribution < -0.4 is 5.32 Å². The molecule has 10 heteroatoms. The lowest BCUT2D eigenvalue weighted by molar-refractivity contribution is -0.384. The second kappa shape index (κ2) is 6.52. The standard InChI is InChI=1S/C18H12ClF3N4O2/c19-15-6-1-10(18(20,21)22)9-14(15)16-13-7-8-23-17(13)25(24-16)11-2-4-12(5-3-11)26(27)28/h1-6,9,23H,7-8H2. The molecule has 1 N–H and O–H groups in total. The summed E-state index contributed by atoms with van der Waals surface area (Å²) < 4.78 is 40.9. The average Bonchev–Trinajstić information content (AvgIpc) is 3.24. The van der Waals surface area contributed by atoms with Crippen molar-refractivity contribution in [2.75, 3.05) is 11.9 Å². The number of non-ortho nitro benzene ring substituents is 1. The zero-order chi connectivity index (χ0) is 20.1. The average molecular weight is 409 g/mol. The van der Waals surface area contributed by atoms with E-state index in [1.165, 1.54) is 35.0 Å². The fourth-order valence-corrected chi connectivity index (χ4v) is 3.38. The number of rotatable bonds is 3. The summed E-state index contributed by atoms with van der Waals surface area (Å²) in [5.74, 6) is 0.636. The second-order valence-corrected chi connectivity index (χ2v) is 6.64. The van der Waals surface area contributed by atoms with E-state index in [1.54, 1.807) is 0 Å². The summed E-state index contributed by atoms with van der Waals surface area (Å²) in [6.07, 6.45) is -3.92. The first-order valence-corrected chi connectivity index (χ1v) is 8.61. The van der Waals surface area contributed by atoms with Crippen molar-refractivity contribution in [2.24, 2.45) is 0 Å². The van der Waals surface area contributed by atoms with Gasteiger partial charge in [-0.3, -0.25) is 10.1 Å². The van der Waals surface area contributed by atoms with E-state index in [-0.39, 0.29) is 16.3 Å². The molecule has 1 aliphatic heterocycles. The van der Waals surface area contributed by atoms with Crippen LogP contribution in [0.25, 0.3) is 16.9 Å². The van der Waals surface area contributed by atoms with Gasteiger partial charge in [0.05, 0.1) is 26.9 Å². The predicted octanol–water partition coefficient (Wildman–Crippen LogP) is 5.09. The number of fused-ring (bicyclic) bond motifs is 1. The Balaban J connectivity index is 1.85. The Morgan fingerprint density at radius 2 is 1.89 bits per heavy atom. The maximum Gasteiger partial charge on any atom is 0.416 e. The molecule has 4 rings (SSSR count). The Hall–Kier alpha value is -3.07. The lowest BCUT2D eigenvalue weighted by Gasteiger charge is -2.10. The van der Waals surface area contributed by atoms with Gasteiger partial charge >= 0.3 is 6.18 Å². The number of alkyl halides is 3. The van der Waals surface area contributed by atoms with Crippen LogP contribution in [0.3, 0.4) is 0 Å². The summed E-state index contributed by atoms with van der Waals surface area (Å²) >= 11 is 6.18. The molecule has 0 bridgehead atoms. The number of anilines is 1. The van der Waals surface area contributed by atoms with E-state index in [1.807, 2.05) is 0 Å². The van der Waals surface area contributed by atoms with Crippen LogP contribution in [0, 0.1) is 10.1 Å². The quantitative estimate of drug-likeness (QED) is 0.484. The molecule has 0 aliphatic carbocycles. The summed E-state index contributed by atoms with van der Waals surface area (Å²) in [5, 5.41) is 18.6. The van der Waals surface area contributed by atoms with Crippen LogP contribution in [0.15, 0.2) is 42.5 Å². The number of nitro groups is 1. The lowest BCUT2D eigenvalue weighted by atomic mass is 10.0. The first-order chi connectivity index (χ1) is 13.3. The normalized spacial score (nSPS) is 13.3. The van der Waals surface area contributed by atoms with Crippen molar-refractivity contribution in [1.82, 2.24) is 9.78 Å². The number of hydrogen-bond donors (Lipinski definition) is 1. The van der Waals surface area contributed by atoms with Crippen molar-refractivity contribution in [2.45, 2.75) is 12.6 Å². The third-order valence-electron chi connectivity index (χ3n) is 4.50. The molecule has 144 valence electrons. The minimum Gasteiger partial charge on any atom is -0.369 e. The first kappa shape index (κ1) is 18.3. The summed E-state index contributed by atoms with van der Waals surface area (Å²) in [5.41, 5.74) is 0.967. The van der Waals surface area contributed by atoms with Crippen molar-refractivity contribution in [1.29, 1.82) is 0 Å². The minimum atomic E-state index is -4.50. The van der Waals surface area contributed by atoms with Crippen molar-refractivity contribution in [3.05, 3.63) is 68.7 Å². The zero-order valence-corrected chi connectivity index (χ0v) is 14.9. The van der Waals surface area contributed by atoms with Gasteiger partial charge in [-0.1, -0.05) is 11.6 Å². The van der Waals surface area contributed by atoms with Gasteiger partial charge in [0.25, 0.3) is 5.69 Å². The molecule has 1 aliphatic rings. The highest BCUT2D eigenvalue weighted by Gasteiger charge is 2.32. The van der Waals surface area contributed by atoms with Crippen LogP contribution in [0.5, 0.6) is 0 Å². The van der Waals surface area contributed by atoms with Gasteiger partial charge in [0.2, 0.25) is 0 Å².